The van der Waals surface area contributed by atoms with Crippen LogP contribution < -0.4 is 11.5 Å². The van der Waals surface area contributed by atoms with E-state index in [0.717, 1.165) is 23.9 Å². The van der Waals surface area contributed by atoms with Crippen molar-refractivity contribution in [2.75, 3.05) is 5.75 Å². The van der Waals surface area contributed by atoms with Crippen molar-refractivity contribution in [2.24, 2.45) is 11.5 Å². The summed E-state index contributed by atoms with van der Waals surface area (Å²) in [5.74, 6) is -2.01. The van der Waals surface area contributed by atoms with E-state index < -0.39 is 23.1 Å². The minimum Gasteiger partial charge on any atom is -0.368 e. The van der Waals surface area contributed by atoms with Gasteiger partial charge in [0.1, 0.15) is 17.2 Å². The molecule has 0 saturated carbocycles. The smallest absolute Gasteiger partial charge is 0.243 e. The summed E-state index contributed by atoms with van der Waals surface area (Å²) >= 11 is 1.02. The first-order valence-electron chi connectivity index (χ1n) is 6.15. The lowest BCUT2D eigenvalue weighted by Gasteiger charge is -2.26. The lowest BCUT2D eigenvalue weighted by Crippen LogP contribution is -2.51. The summed E-state index contributed by atoms with van der Waals surface area (Å²) in [4.78, 5) is 11.9. The zero-order valence-corrected chi connectivity index (χ0v) is 11.9. The molecule has 6 heteroatoms. The van der Waals surface area contributed by atoms with Crippen molar-refractivity contribution in [1.29, 1.82) is 0 Å². The van der Waals surface area contributed by atoms with Crippen LogP contribution in [0.25, 0.3) is 0 Å². The summed E-state index contributed by atoms with van der Waals surface area (Å²) < 4.78 is 26.5. The number of carbonyl (C=O) groups is 1. The summed E-state index contributed by atoms with van der Waals surface area (Å²) in [5, 5.41) is 0. The molecule has 0 aromatic heterocycles. The highest BCUT2D eigenvalue weighted by molar-refractivity contribution is 7.99. The molecular formula is C15H14F2N2OS. The van der Waals surface area contributed by atoms with Crippen LogP contribution >= 0.6 is 11.8 Å². The molecule has 0 radical (unpaired) electrons. The molecule has 1 unspecified atom stereocenters. The number of hydrogen-bond acceptors (Lipinski definition) is 3. The van der Waals surface area contributed by atoms with Crippen molar-refractivity contribution in [3.8, 4) is 0 Å². The monoisotopic (exact) mass is 308 g/mol. The van der Waals surface area contributed by atoms with Gasteiger partial charge in [-0.1, -0.05) is 30.3 Å². The standard InChI is InChI=1S/C15H14F2N2OS/c16-11-6-7-13(12(17)8-11)21-9-15(19,14(18)20)10-4-2-1-3-5-10/h1-8H,9,19H2,(H2,18,20). The molecule has 1 amide bonds. The molecule has 2 aromatic rings. The fraction of sp³-hybridized carbons (Fsp3) is 0.133. The van der Waals surface area contributed by atoms with Crippen LogP contribution in [0, 0.1) is 11.6 Å². The Morgan fingerprint density at radius 2 is 1.81 bits per heavy atom. The maximum absolute atomic E-state index is 13.6. The molecule has 0 aliphatic rings. The van der Waals surface area contributed by atoms with Crippen LogP contribution in [0.15, 0.2) is 53.4 Å². The molecule has 2 aromatic carbocycles. The second-order valence-corrected chi connectivity index (χ2v) is 5.58. The fourth-order valence-electron chi connectivity index (χ4n) is 1.82. The van der Waals surface area contributed by atoms with Gasteiger partial charge in [-0.05, 0) is 17.7 Å². The number of hydrogen-bond donors (Lipinski definition) is 2. The van der Waals surface area contributed by atoms with Crippen molar-refractivity contribution >= 4 is 17.7 Å². The fourth-order valence-corrected chi connectivity index (χ4v) is 2.87. The Morgan fingerprint density at radius 3 is 2.38 bits per heavy atom. The topological polar surface area (TPSA) is 69.1 Å². The third kappa shape index (κ3) is 3.40. The molecular weight excluding hydrogens is 294 g/mol. The molecule has 1 atom stereocenters. The summed E-state index contributed by atoms with van der Waals surface area (Å²) in [6.45, 7) is 0. The van der Waals surface area contributed by atoms with Crippen LogP contribution in [0.5, 0.6) is 0 Å². The van der Waals surface area contributed by atoms with Crippen molar-refractivity contribution in [1.82, 2.24) is 0 Å². The van der Waals surface area contributed by atoms with Gasteiger partial charge in [-0.2, -0.15) is 0 Å². The Labute approximate surface area is 125 Å². The molecule has 0 fully saturated rings. The lowest BCUT2D eigenvalue weighted by molar-refractivity contribution is -0.122. The van der Waals surface area contributed by atoms with Gasteiger partial charge in [-0.15, -0.1) is 11.8 Å². The van der Waals surface area contributed by atoms with Gasteiger partial charge in [0.2, 0.25) is 5.91 Å². The predicted octanol–water partition coefficient (Wildman–Crippen LogP) is 2.40. The summed E-state index contributed by atoms with van der Waals surface area (Å²) in [5.41, 5.74) is 10.6. The van der Waals surface area contributed by atoms with Crippen LogP contribution in [0.1, 0.15) is 5.56 Å². The van der Waals surface area contributed by atoms with Gasteiger partial charge in [-0.25, -0.2) is 8.78 Å². The largest absolute Gasteiger partial charge is 0.368 e. The van der Waals surface area contributed by atoms with Crippen molar-refractivity contribution in [2.45, 2.75) is 10.4 Å². The lowest BCUT2D eigenvalue weighted by atomic mass is 9.92. The van der Waals surface area contributed by atoms with Crippen molar-refractivity contribution < 1.29 is 13.6 Å². The van der Waals surface area contributed by atoms with Gasteiger partial charge in [-0.3, -0.25) is 4.79 Å². The van der Waals surface area contributed by atoms with E-state index in [0.29, 0.717) is 5.56 Å². The summed E-state index contributed by atoms with van der Waals surface area (Å²) in [7, 11) is 0. The number of benzene rings is 2. The predicted molar refractivity (Wildman–Crippen MR) is 78.6 cm³/mol. The van der Waals surface area contributed by atoms with E-state index in [2.05, 4.69) is 0 Å². The number of thioether (sulfide) groups is 1. The van der Waals surface area contributed by atoms with Gasteiger partial charge in [0, 0.05) is 16.7 Å². The summed E-state index contributed by atoms with van der Waals surface area (Å²) in [6.07, 6.45) is 0. The molecule has 21 heavy (non-hydrogen) atoms. The minimum atomic E-state index is -1.42. The minimum absolute atomic E-state index is 0.0505. The van der Waals surface area contributed by atoms with Crippen molar-refractivity contribution in [3.63, 3.8) is 0 Å². The number of primary amides is 1. The quantitative estimate of drug-likeness (QED) is 0.833. The zero-order valence-electron chi connectivity index (χ0n) is 11.1. The second-order valence-electron chi connectivity index (χ2n) is 4.57. The van der Waals surface area contributed by atoms with Gasteiger partial charge >= 0.3 is 0 Å². The Kier molecular flexibility index (Phi) is 4.59. The third-order valence-corrected chi connectivity index (χ3v) is 4.32. The first kappa shape index (κ1) is 15.5. The van der Waals surface area contributed by atoms with Gasteiger partial charge in [0.05, 0.1) is 0 Å². The highest BCUT2D eigenvalue weighted by Gasteiger charge is 2.34. The molecule has 0 spiro atoms. The van der Waals surface area contributed by atoms with Crippen molar-refractivity contribution in [3.05, 3.63) is 65.7 Å². The molecule has 0 heterocycles. The number of nitrogens with two attached hydrogens (primary N) is 2. The SMILES string of the molecule is NC(=O)C(N)(CSc1ccc(F)cc1F)c1ccccc1. The Morgan fingerprint density at radius 1 is 1.14 bits per heavy atom. The second kappa shape index (κ2) is 6.24. The number of halogens is 2. The highest BCUT2D eigenvalue weighted by Crippen LogP contribution is 2.29. The van der Waals surface area contributed by atoms with E-state index in [9.17, 15) is 13.6 Å². The van der Waals surface area contributed by atoms with E-state index >= 15 is 0 Å². The maximum Gasteiger partial charge on any atom is 0.243 e. The molecule has 4 N–H and O–H groups in total. The normalized spacial score (nSPS) is 13.7. The molecule has 110 valence electrons. The average Bonchev–Trinajstić information content (AvgIpc) is 2.46. The Balaban J connectivity index is 2.23. The van der Waals surface area contributed by atoms with Crippen LogP contribution in [0.4, 0.5) is 8.78 Å². The van der Waals surface area contributed by atoms with E-state index in [1.807, 2.05) is 0 Å². The van der Waals surface area contributed by atoms with E-state index in [-0.39, 0.29) is 10.6 Å². The van der Waals surface area contributed by atoms with Crippen LogP contribution in [-0.4, -0.2) is 11.7 Å². The Bertz CT molecular complexity index is 651. The molecule has 0 saturated heterocycles. The highest BCUT2D eigenvalue weighted by atomic mass is 32.2. The van der Waals surface area contributed by atoms with Crippen LogP contribution in [0.3, 0.4) is 0 Å². The first-order valence-corrected chi connectivity index (χ1v) is 7.14. The van der Waals surface area contributed by atoms with Gasteiger partial charge < -0.3 is 11.5 Å². The molecule has 0 aliphatic heterocycles. The molecule has 0 bridgehead atoms. The molecule has 3 nitrogen and oxygen atoms in total. The molecule has 2 rings (SSSR count). The average molecular weight is 308 g/mol. The summed E-state index contributed by atoms with van der Waals surface area (Å²) in [6, 6.07) is 11.9. The van der Waals surface area contributed by atoms with Gasteiger partial charge in [0.15, 0.2) is 0 Å². The van der Waals surface area contributed by atoms with Crippen LogP contribution in [0.2, 0.25) is 0 Å². The van der Waals surface area contributed by atoms with Crippen LogP contribution in [-0.2, 0) is 10.3 Å². The Hall–Kier alpha value is -1.92. The maximum atomic E-state index is 13.6. The number of rotatable bonds is 5. The zero-order chi connectivity index (χ0) is 15.5. The van der Waals surface area contributed by atoms with E-state index in [1.165, 1.54) is 6.07 Å². The van der Waals surface area contributed by atoms with E-state index in [4.69, 9.17) is 11.5 Å². The number of carbonyl (C=O) groups excluding carboxylic acids is 1. The third-order valence-electron chi connectivity index (χ3n) is 3.08. The van der Waals surface area contributed by atoms with E-state index in [1.54, 1.807) is 30.3 Å². The first-order chi connectivity index (χ1) is 9.93. The number of amides is 1. The van der Waals surface area contributed by atoms with Gasteiger partial charge in [0.25, 0.3) is 0 Å². The molecule has 0 aliphatic carbocycles.